The van der Waals surface area contributed by atoms with E-state index in [0.717, 1.165) is 54.9 Å². The van der Waals surface area contributed by atoms with Crippen LogP contribution in [0.25, 0.3) is 32.9 Å². The SMILES string of the molecule is NC(=CC(=O)COc1c2cccc1Cc1cccc(c1O)Cc1cccc(c1OCC(=O)C=C(N)c1cccc3ccccc13)Cc1cccc(c1O)C2)c1cccc2ccccc12. The highest BCUT2D eigenvalue weighted by Crippen LogP contribution is 2.38. The van der Waals surface area contributed by atoms with Gasteiger partial charge in [-0.3, -0.25) is 9.59 Å². The Bertz CT molecular complexity index is 2860. The number of carbonyl (C=O) groups excluding carboxylic acids is 2. The first-order chi connectivity index (χ1) is 31.2. The number of hydrogen-bond acceptors (Lipinski definition) is 8. The maximum atomic E-state index is 13.5. The second-order valence-corrected chi connectivity index (χ2v) is 16.1. The fraction of sp³-hybridized carbons (Fsp3) is 0.107. The smallest absolute Gasteiger partial charge is 0.195 e. The summed E-state index contributed by atoms with van der Waals surface area (Å²) in [6.07, 6.45) is 3.99. The van der Waals surface area contributed by atoms with Gasteiger partial charge in [-0.15, -0.1) is 0 Å². The number of phenols is 2. The van der Waals surface area contributed by atoms with E-state index < -0.39 is 0 Å². The van der Waals surface area contributed by atoms with E-state index in [1.54, 1.807) is 0 Å². The molecule has 0 atom stereocenters. The number of benzene rings is 8. The minimum atomic E-state index is -0.312. The lowest BCUT2D eigenvalue weighted by Crippen LogP contribution is -2.14. The van der Waals surface area contributed by atoms with Gasteiger partial charge in [0.15, 0.2) is 24.8 Å². The molecule has 6 N–H and O–H groups in total. The normalized spacial score (nSPS) is 12.8. The average Bonchev–Trinajstić information content (AvgIpc) is 3.30. The van der Waals surface area contributed by atoms with E-state index in [2.05, 4.69) is 0 Å². The molecule has 0 saturated heterocycles. The number of hydrogen-bond donors (Lipinski definition) is 4. The van der Waals surface area contributed by atoms with Crippen LogP contribution in [0.5, 0.6) is 23.0 Å². The monoisotopic (exact) mass is 842 g/mol. The van der Waals surface area contributed by atoms with Crippen molar-refractivity contribution in [3.05, 3.63) is 226 Å². The van der Waals surface area contributed by atoms with Crippen molar-refractivity contribution in [2.45, 2.75) is 25.7 Å². The summed E-state index contributed by atoms with van der Waals surface area (Å²) >= 11 is 0. The predicted octanol–water partition coefficient (Wildman–Crippen LogP) is 9.98. The average molecular weight is 843 g/mol. The van der Waals surface area contributed by atoms with Crippen LogP contribution in [0, 0.1) is 0 Å². The lowest BCUT2D eigenvalue weighted by molar-refractivity contribution is -0.117. The van der Waals surface area contributed by atoms with Crippen LogP contribution in [0.1, 0.15) is 55.6 Å². The van der Waals surface area contributed by atoms with E-state index in [9.17, 15) is 19.8 Å². The molecule has 0 aliphatic heterocycles. The first kappa shape index (κ1) is 41.3. The molecule has 8 aromatic rings. The van der Waals surface area contributed by atoms with Crippen molar-refractivity contribution in [2.75, 3.05) is 13.2 Å². The highest BCUT2D eigenvalue weighted by atomic mass is 16.5. The minimum Gasteiger partial charge on any atom is -0.507 e. The molecular weight excluding hydrogens is 797 g/mol. The lowest BCUT2D eigenvalue weighted by atomic mass is 9.91. The Morgan fingerprint density at radius 1 is 0.422 bits per heavy atom. The third-order valence-corrected chi connectivity index (χ3v) is 11.8. The zero-order chi connectivity index (χ0) is 44.2. The summed E-state index contributed by atoms with van der Waals surface area (Å²) in [5, 5.41) is 27.7. The van der Waals surface area contributed by atoms with Crippen LogP contribution in [-0.2, 0) is 35.3 Å². The van der Waals surface area contributed by atoms with E-state index in [1.807, 2.05) is 158 Å². The highest BCUT2D eigenvalue weighted by molar-refractivity contribution is 6.02. The number of para-hydroxylation sites is 4. The Hall–Kier alpha value is -8.10. The van der Waals surface area contributed by atoms with Crippen LogP contribution in [0.15, 0.2) is 170 Å². The quantitative estimate of drug-likeness (QED) is 0.0997. The van der Waals surface area contributed by atoms with Crippen LogP contribution in [-0.4, -0.2) is 35.0 Å². The Balaban J connectivity index is 1.03. The van der Waals surface area contributed by atoms with Gasteiger partial charge in [-0.25, -0.2) is 0 Å². The second kappa shape index (κ2) is 18.1. The van der Waals surface area contributed by atoms with Crippen molar-refractivity contribution in [2.24, 2.45) is 11.5 Å². The topological polar surface area (TPSA) is 145 Å². The molecule has 8 heteroatoms. The van der Waals surface area contributed by atoms with Gasteiger partial charge in [0, 0.05) is 60.4 Å². The first-order valence-electron chi connectivity index (χ1n) is 21.2. The Morgan fingerprint density at radius 2 is 0.719 bits per heavy atom. The summed E-state index contributed by atoms with van der Waals surface area (Å²) in [6.45, 7) is -0.558. The van der Waals surface area contributed by atoms with Gasteiger partial charge < -0.3 is 31.2 Å². The van der Waals surface area contributed by atoms with E-state index >= 15 is 0 Å². The van der Waals surface area contributed by atoms with Gasteiger partial charge in [0.1, 0.15) is 23.0 Å². The first-order valence-corrected chi connectivity index (χ1v) is 21.2. The minimum absolute atomic E-state index is 0.119. The van der Waals surface area contributed by atoms with E-state index in [-0.39, 0.29) is 36.3 Å². The van der Waals surface area contributed by atoms with Crippen LogP contribution >= 0.6 is 0 Å². The van der Waals surface area contributed by atoms with Crippen molar-refractivity contribution >= 4 is 44.5 Å². The molecule has 0 aromatic heterocycles. The summed E-state index contributed by atoms with van der Waals surface area (Å²) in [4.78, 5) is 27.1. The molecule has 64 heavy (non-hydrogen) atoms. The number of fused-ring (bicyclic) bond motifs is 10. The summed E-state index contributed by atoms with van der Waals surface area (Å²) in [7, 11) is 0. The number of ketones is 2. The molecule has 9 rings (SSSR count). The molecule has 1 aliphatic carbocycles. The van der Waals surface area contributed by atoms with Crippen molar-refractivity contribution < 1.29 is 29.3 Å². The third-order valence-electron chi connectivity index (χ3n) is 11.8. The summed E-state index contributed by atoms with van der Waals surface area (Å²) in [6, 6.07) is 50.2. The van der Waals surface area contributed by atoms with Crippen molar-refractivity contribution in [1.29, 1.82) is 0 Å². The number of ether oxygens (including phenoxy) is 2. The fourth-order valence-electron chi connectivity index (χ4n) is 8.71. The van der Waals surface area contributed by atoms with E-state index in [0.29, 0.717) is 70.8 Å². The standard InChI is InChI=1S/C56H46N2O6/c57-51(49-25-9-13-35-11-1-3-23-47(35)49)31-45(59)33-63-55-41-19-7-20-42(55)28-38-16-6-18-40(54(38)62)30-44-22-8-21-43(29-39-17-5-15-37(27-41)53(39)61)56(44)64-34-46(60)32-52(58)50-26-10-14-36-12-2-4-24-48(36)50/h1-26,31-32,61-62H,27-30,33-34,57-58H2. The number of nitrogens with two attached hydrogens (primary N) is 2. The Morgan fingerprint density at radius 3 is 1.08 bits per heavy atom. The summed E-state index contributed by atoms with van der Waals surface area (Å²) < 4.78 is 12.8. The zero-order valence-corrected chi connectivity index (χ0v) is 35.1. The molecule has 1 aliphatic rings. The van der Waals surface area contributed by atoms with E-state index in [1.165, 1.54) is 12.2 Å². The molecule has 8 aromatic carbocycles. The third kappa shape index (κ3) is 8.67. The number of phenolic OH excluding ortho intramolecular Hbond substituents is 2. The maximum Gasteiger partial charge on any atom is 0.195 e. The molecule has 0 amide bonds. The molecular formula is C56H46N2O6. The van der Waals surface area contributed by atoms with Crippen LogP contribution in [0.4, 0.5) is 0 Å². The molecule has 0 fully saturated rings. The Kier molecular flexibility index (Phi) is 11.7. The van der Waals surface area contributed by atoms with Crippen molar-refractivity contribution in [3.8, 4) is 23.0 Å². The predicted molar refractivity (Wildman–Crippen MR) is 254 cm³/mol. The van der Waals surface area contributed by atoms with Crippen LogP contribution in [0.2, 0.25) is 0 Å². The van der Waals surface area contributed by atoms with Crippen molar-refractivity contribution in [3.63, 3.8) is 0 Å². The molecule has 8 nitrogen and oxygen atoms in total. The highest BCUT2D eigenvalue weighted by Gasteiger charge is 2.21. The molecule has 0 saturated carbocycles. The molecule has 316 valence electrons. The van der Waals surface area contributed by atoms with Gasteiger partial charge in [-0.1, -0.05) is 158 Å². The van der Waals surface area contributed by atoms with Crippen LogP contribution in [0.3, 0.4) is 0 Å². The zero-order valence-electron chi connectivity index (χ0n) is 35.1. The van der Waals surface area contributed by atoms with Gasteiger partial charge in [-0.05, 0) is 66.1 Å². The maximum absolute atomic E-state index is 13.5. The number of aromatic hydroxyl groups is 2. The summed E-state index contributed by atoms with van der Waals surface area (Å²) in [5.41, 5.74) is 20.9. The van der Waals surface area contributed by atoms with Gasteiger partial charge in [-0.2, -0.15) is 0 Å². The second-order valence-electron chi connectivity index (χ2n) is 16.1. The molecule has 0 unspecified atom stereocenters. The Labute approximate surface area is 371 Å². The van der Waals surface area contributed by atoms with E-state index in [4.69, 9.17) is 20.9 Å². The summed E-state index contributed by atoms with van der Waals surface area (Å²) in [5.74, 6) is 0.606. The van der Waals surface area contributed by atoms with Crippen molar-refractivity contribution in [1.82, 2.24) is 0 Å². The fourth-order valence-corrected chi connectivity index (χ4v) is 8.71. The number of carbonyl (C=O) groups is 2. The molecule has 0 spiro atoms. The molecule has 0 radical (unpaired) electrons. The van der Waals surface area contributed by atoms with Gasteiger partial charge in [0.2, 0.25) is 0 Å². The van der Waals surface area contributed by atoms with Crippen LogP contribution < -0.4 is 20.9 Å². The lowest BCUT2D eigenvalue weighted by Gasteiger charge is -2.20. The molecule has 0 heterocycles. The van der Waals surface area contributed by atoms with Gasteiger partial charge in [0.25, 0.3) is 0 Å². The number of rotatable bonds is 10. The molecule has 8 bridgehead atoms. The largest absolute Gasteiger partial charge is 0.507 e. The van der Waals surface area contributed by atoms with Gasteiger partial charge in [0.05, 0.1) is 0 Å². The van der Waals surface area contributed by atoms with Gasteiger partial charge >= 0.3 is 0 Å².